The number of non-ortho nitro benzene ring substituents is 1. The van der Waals surface area contributed by atoms with Crippen LogP contribution in [0.15, 0.2) is 53.6 Å². The van der Waals surface area contributed by atoms with Gasteiger partial charge < -0.3 is 5.32 Å². The summed E-state index contributed by atoms with van der Waals surface area (Å²) in [6, 6.07) is 14.4. The molecule has 0 heterocycles. The number of nitrogens with one attached hydrogen (secondary N) is 2. The number of hydrogen-bond donors (Lipinski definition) is 2. The van der Waals surface area contributed by atoms with Gasteiger partial charge in [0.15, 0.2) is 0 Å². The molecule has 2 aromatic carbocycles. The molecule has 0 aromatic heterocycles. The first-order chi connectivity index (χ1) is 11.1. The molecule has 0 aliphatic rings. The van der Waals surface area contributed by atoms with Crippen LogP contribution in [0.5, 0.6) is 0 Å². The maximum atomic E-state index is 10.6. The number of benzene rings is 2. The second-order valence-corrected chi connectivity index (χ2v) is 5.21. The zero-order valence-electron chi connectivity index (χ0n) is 13.2. The topological polar surface area (TPSA) is 79.6 Å². The average molecular weight is 312 g/mol. The molecule has 0 fully saturated rings. The minimum Gasteiger partial charge on any atom is -0.382 e. The van der Waals surface area contributed by atoms with Crippen LogP contribution in [0.4, 0.5) is 17.1 Å². The number of nitro groups is 1. The summed E-state index contributed by atoms with van der Waals surface area (Å²) >= 11 is 0. The highest BCUT2D eigenvalue weighted by molar-refractivity contribution is 5.88. The monoisotopic (exact) mass is 312 g/mol. The SMILES string of the molecule is CC[C@H](C)Nc1ccccc1/C=N/Nc1ccc([N+](=O)[O-])cc1. The molecule has 2 rings (SSSR count). The van der Waals surface area contributed by atoms with Crippen LogP contribution in [0.3, 0.4) is 0 Å². The van der Waals surface area contributed by atoms with Crippen LogP contribution in [-0.2, 0) is 0 Å². The van der Waals surface area contributed by atoms with Gasteiger partial charge in [0.2, 0.25) is 0 Å². The predicted molar refractivity (Wildman–Crippen MR) is 94.1 cm³/mol. The Morgan fingerprint density at radius 3 is 2.57 bits per heavy atom. The minimum absolute atomic E-state index is 0.0580. The third kappa shape index (κ3) is 4.81. The zero-order chi connectivity index (χ0) is 16.7. The standard InChI is InChI=1S/C17H20N4O2/c1-3-13(2)19-17-7-5-4-6-14(17)12-18-20-15-8-10-16(11-9-15)21(22)23/h4-13,19-20H,3H2,1-2H3/b18-12+/t13-/m0/s1. The molecule has 0 amide bonds. The Labute approximate surface area is 135 Å². The molecule has 0 radical (unpaired) electrons. The predicted octanol–water partition coefficient (Wildman–Crippen LogP) is 4.25. The average Bonchev–Trinajstić information content (AvgIpc) is 2.56. The summed E-state index contributed by atoms with van der Waals surface area (Å²) in [5.41, 5.74) is 5.62. The summed E-state index contributed by atoms with van der Waals surface area (Å²) < 4.78 is 0. The smallest absolute Gasteiger partial charge is 0.269 e. The Morgan fingerprint density at radius 2 is 1.91 bits per heavy atom. The van der Waals surface area contributed by atoms with Crippen molar-refractivity contribution in [1.82, 2.24) is 0 Å². The fraction of sp³-hybridized carbons (Fsp3) is 0.235. The van der Waals surface area contributed by atoms with Gasteiger partial charge in [-0.3, -0.25) is 15.5 Å². The summed E-state index contributed by atoms with van der Waals surface area (Å²) in [6.45, 7) is 4.26. The van der Waals surface area contributed by atoms with E-state index in [-0.39, 0.29) is 5.69 Å². The van der Waals surface area contributed by atoms with E-state index in [1.807, 2.05) is 24.3 Å². The van der Waals surface area contributed by atoms with Gasteiger partial charge >= 0.3 is 0 Å². The summed E-state index contributed by atoms with van der Waals surface area (Å²) in [5.74, 6) is 0. The van der Waals surface area contributed by atoms with Crippen LogP contribution in [0.25, 0.3) is 0 Å². The van der Waals surface area contributed by atoms with E-state index in [1.54, 1.807) is 18.3 Å². The molecule has 0 unspecified atom stereocenters. The molecule has 2 aromatic rings. The molecular formula is C17H20N4O2. The van der Waals surface area contributed by atoms with E-state index in [0.717, 1.165) is 17.7 Å². The minimum atomic E-state index is -0.427. The van der Waals surface area contributed by atoms with Crippen LogP contribution < -0.4 is 10.7 Å². The van der Waals surface area contributed by atoms with E-state index in [4.69, 9.17) is 0 Å². The number of hydrazone groups is 1. The van der Waals surface area contributed by atoms with E-state index in [1.165, 1.54) is 12.1 Å². The molecule has 1 atom stereocenters. The second-order valence-electron chi connectivity index (χ2n) is 5.21. The Balaban J connectivity index is 2.04. The third-order valence-corrected chi connectivity index (χ3v) is 3.45. The maximum absolute atomic E-state index is 10.6. The van der Waals surface area contributed by atoms with Gasteiger partial charge in [0, 0.05) is 29.4 Å². The summed E-state index contributed by atoms with van der Waals surface area (Å²) in [5, 5.41) is 18.2. The molecule has 2 N–H and O–H groups in total. The fourth-order valence-electron chi connectivity index (χ4n) is 1.94. The van der Waals surface area contributed by atoms with E-state index in [2.05, 4.69) is 29.7 Å². The number of nitrogens with zero attached hydrogens (tertiary/aromatic N) is 2. The van der Waals surface area contributed by atoms with Gasteiger partial charge in [-0.05, 0) is 31.5 Å². The molecule has 0 aliphatic carbocycles. The lowest BCUT2D eigenvalue weighted by atomic mass is 10.1. The maximum Gasteiger partial charge on any atom is 0.269 e. The van der Waals surface area contributed by atoms with Crippen LogP contribution in [-0.4, -0.2) is 17.2 Å². The molecule has 0 spiro atoms. The van der Waals surface area contributed by atoms with Crippen molar-refractivity contribution in [3.8, 4) is 0 Å². The highest BCUT2D eigenvalue weighted by atomic mass is 16.6. The molecule has 0 saturated carbocycles. The van der Waals surface area contributed by atoms with E-state index < -0.39 is 4.92 Å². The van der Waals surface area contributed by atoms with Crippen LogP contribution in [0.1, 0.15) is 25.8 Å². The van der Waals surface area contributed by atoms with E-state index in [9.17, 15) is 10.1 Å². The first kappa shape index (κ1) is 16.5. The molecule has 0 aliphatic heterocycles. The second kappa shape index (κ2) is 7.93. The largest absolute Gasteiger partial charge is 0.382 e. The Hall–Kier alpha value is -2.89. The van der Waals surface area contributed by atoms with Crippen LogP contribution in [0.2, 0.25) is 0 Å². The van der Waals surface area contributed by atoms with Gasteiger partial charge in [0.1, 0.15) is 0 Å². The lowest BCUT2D eigenvalue weighted by Crippen LogP contribution is -2.14. The lowest BCUT2D eigenvalue weighted by molar-refractivity contribution is -0.384. The fourth-order valence-corrected chi connectivity index (χ4v) is 1.94. The van der Waals surface area contributed by atoms with Crippen molar-refractivity contribution in [3.05, 3.63) is 64.2 Å². The van der Waals surface area contributed by atoms with Gasteiger partial charge in [-0.2, -0.15) is 5.10 Å². The van der Waals surface area contributed by atoms with Gasteiger partial charge in [-0.25, -0.2) is 0 Å². The Kier molecular flexibility index (Phi) is 5.68. The normalized spacial score (nSPS) is 12.1. The van der Waals surface area contributed by atoms with Gasteiger partial charge in [0.05, 0.1) is 16.8 Å². The number of hydrogen-bond acceptors (Lipinski definition) is 5. The van der Waals surface area contributed by atoms with Crippen molar-refractivity contribution in [1.29, 1.82) is 0 Å². The van der Waals surface area contributed by atoms with Gasteiger partial charge in [-0.1, -0.05) is 25.1 Å². The van der Waals surface area contributed by atoms with E-state index >= 15 is 0 Å². The first-order valence-corrected chi connectivity index (χ1v) is 7.49. The molecule has 0 saturated heterocycles. The highest BCUT2D eigenvalue weighted by Crippen LogP contribution is 2.17. The summed E-state index contributed by atoms with van der Waals surface area (Å²) in [6.07, 6.45) is 2.76. The van der Waals surface area contributed by atoms with Crippen molar-refractivity contribution in [3.63, 3.8) is 0 Å². The van der Waals surface area contributed by atoms with E-state index in [0.29, 0.717) is 11.7 Å². The summed E-state index contributed by atoms with van der Waals surface area (Å²) in [7, 11) is 0. The molecule has 0 bridgehead atoms. The zero-order valence-corrected chi connectivity index (χ0v) is 13.2. The molecule has 23 heavy (non-hydrogen) atoms. The number of rotatable bonds is 7. The highest BCUT2D eigenvalue weighted by Gasteiger charge is 2.04. The third-order valence-electron chi connectivity index (χ3n) is 3.45. The van der Waals surface area contributed by atoms with Crippen molar-refractivity contribution < 1.29 is 4.92 Å². The molecule has 120 valence electrons. The van der Waals surface area contributed by atoms with Gasteiger partial charge in [-0.15, -0.1) is 0 Å². The Bertz CT molecular complexity index is 683. The lowest BCUT2D eigenvalue weighted by Gasteiger charge is -2.14. The van der Waals surface area contributed by atoms with Crippen LogP contribution in [0, 0.1) is 10.1 Å². The van der Waals surface area contributed by atoms with Crippen molar-refractivity contribution >= 4 is 23.3 Å². The molecule has 6 heteroatoms. The number of nitro benzene ring substituents is 1. The van der Waals surface area contributed by atoms with Crippen molar-refractivity contribution in [2.75, 3.05) is 10.7 Å². The van der Waals surface area contributed by atoms with Crippen molar-refractivity contribution in [2.45, 2.75) is 26.3 Å². The number of para-hydroxylation sites is 1. The van der Waals surface area contributed by atoms with Crippen LogP contribution >= 0.6 is 0 Å². The molecular weight excluding hydrogens is 292 g/mol. The summed E-state index contributed by atoms with van der Waals surface area (Å²) in [4.78, 5) is 10.2. The Morgan fingerprint density at radius 1 is 1.22 bits per heavy atom. The quantitative estimate of drug-likeness (QED) is 0.455. The number of anilines is 2. The van der Waals surface area contributed by atoms with Gasteiger partial charge in [0.25, 0.3) is 5.69 Å². The molecule has 6 nitrogen and oxygen atoms in total. The van der Waals surface area contributed by atoms with Crippen molar-refractivity contribution in [2.24, 2.45) is 5.10 Å². The first-order valence-electron chi connectivity index (χ1n) is 7.49.